The Labute approximate surface area is 267 Å². The van der Waals surface area contributed by atoms with Gasteiger partial charge < -0.3 is 10.2 Å². The molecule has 1 N–H and O–H groups in total. The minimum atomic E-state index is -1.43. The van der Waals surface area contributed by atoms with E-state index < -0.39 is 5.67 Å². The average Bonchev–Trinajstić information content (AvgIpc) is 3.50. The minimum Gasteiger partial charge on any atom is -0.342 e. The van der Waals surface area contributed by atoms with Gasteiger partial charge in [-0.25, -0.2) is 4.39 Å². The summed E-state index contributed by atoms with van der Waals surface area (Å²) in [5, 5.41) is 3.45. The molecule has 1 heterocycles. The van der Waals surface area contributed by atoms with Gasteiger partial charge in [-0.3, -0.25) is 9.89 Å². The Hall–Kier alpha value is -3.88. The Kier molecular flexibility index (Phi) is 14.9. The van der Waals surface area contributed by atoms with E-state index in [9.17, 15) is 4.39 Å². The van der Waals surface area contributed by atoms with E-state index in [1.54, 1.807) is 13.8 Å². The molecule has 0 bridgehead atoms. The third-order valence-corrected chi connectivity index (χ3v) is 7.36. The van der Waals surface area contributed by atoms with E-state index in [1.807, 2.05) is 71.0 Å². The number of alkyl halides is 1. The van der Waals surface area contributed by atoms with Gasteiger partial charge in [-0.2, -0.15) is 0 Å². The number of nitrogens with zero attached hydrogens (tertiary/aromatic N) is 3. The van der Waals surface area contributed by atoms with E-state index in [1.165, 1.54) is 5.71 Å². The lowest BCUT2D eigenvalue weighted by molar-refractivity contribution is 0.220. The molecule has 3 aromatic rings. The number of benzene rings is 3. The topological polar surface area (TPSA) is 30.9 Å². The van der Waals surface area contributed by atoms with Gasteiger partial charge in [-0.15, -0.1) is 6.42 Å². The molecule has 1 aliphatic heterocycles. The molecular weight excluding hydrogens is 543 g/mol. The van der Waals surface area contributed by atoms with Crippen LogP contribution in [0.5, 0.6) is 0 Å². The average molecular weight is 597 g/mol. The maximum Gasteiger partial charge on any atom is 0.130 e. The zero-order chi connectivity index (χ0) is 32.7. The Morgan fingerprint density at radius 2 is 1.75 bits per heavy atom. The van der Waals surface area contributed by atoms with Crippen molar-refractivity contribution in [2.75, 3.05) is 42.9 Å². The summed E-state index contributed by atoms with van der Waals surface area (Å²) in [6.07, 6.45) is 7.72. The Balaban J connectivity index is 0.00000162. The molecule has 0 aliphatic carbocycles. The maximum atomic E-state index is 14.9. The molecule has 0 radical (unpaired) electrons. The molecule has 0 saturated carbocycles. The Morgan fingerprint density at radius 1 is 1.05 bits per heavy atom. The van der Waals surface area contributed by atoms with Crippen molar-refractivity contribution in [1.29, 1.82) is 0 Å². The number of aliphatic imine (C=N–C) groups is 1. The SMILES string of the molecule is C#Cc1cccc(-c2ccc(N(CCN3CCC(=NCCC)C3)C(=C)Nc3ccc(C)c(C(C)(C)F)c3)cc2)c1.CC.CC. The third-order valence-electron chi connectivity index (χ3n) is 7.36. The van der Waals surface area contributed by atoms with Crippen molar-refractivity contribution in [3.05, 3.63) is 95.8 Å². The van der Waals surface area contributed by atoms with Crippen LogP contribution in [0.1, 0.15) is 78.0 Å². The summed E-state index contributed by atoms with van der Waals surface area (Å²) in [5.74, 6) is 3.46. The quantitative estimate of drug-likeness (QED) is 0.224. The molecule has 236 valence electrons. The van der Waals surface area contributed by atoms with Crippen LogP contribution in [0.3, 0.4) is 0 Å². The second-order valence-electron chi connectivity index (χ2n) is 11.0. The van der Waals surface area contributed by atoms with Gasteiger partial charge in [-0.05, 0) is 92.3 Å². The maximum absolute atomic E-state index is 14.9. The molecule has 4 nitrogen and oxygen atoms in total. The smallest absolute Gasteiger partial charge is 0.130 e. The molecule has 1 aliphatic rings. The largest absolute Gasteiger partial charge is 0.342 e. The van der Waals surface area contributed by atoms with Gasteiger partial charge in [0.15, 0.2) is 0 Å². The van der Waals surface area contributed by atoms with Gasteiger partial charge >= 0.3 is 0 Å². The van der Waals surface area contributed by atoms with E-state index in [0.29, 0.717) is 5.56 Å². The van der Waals surface area contributed by atoms with Gasteiger partial charge in [0.2, 0.25) is 0 Å². The number of hydrogen-bond donors (Lipinski definition) is 1. The standard InChI is InChI=1S/C35H41FN4.2C2H6/c1-7-19-37-32-18-20-39(25-32)21-22-40(27(4)38-31-15-12-26(3)34(24-31)35(5,6)36)33-16-13-29(14-17-33)30-11-9-10-28(8-2)23-30;2*1-2/h2,9-17,23-24,38H,4,7,18-22,25H2,1,3,5-6H3;2*1-2H3. The van der Waals surface area contributed by atoms with E-state index in [-0.39, 0.29) is 0 Å². The van der Waals surface area contributed by atoms with E-state index >= 15 is 0 Å². The van der Waals surface area contributed by atoms with Crippen LogP contribution >= 0.6 is 0 Å². The second-order valence-corrected chi connectivity index (χ2v) is 11.0. The number of likely N-dealkylation sites (tertiary alicyclic amines) is 1. The molecule has 0 aromatic heterocycles. The number of hydrogen-bond acceptors (Lipinski definition) is 4. The number of nitrogens with one attached hydrogen (secondary N) is 1. The van der Waals surface area contributed by atoms with Crippen molar-refractivity contribution >= 4 is 17.1 Å². The van der Waals surface area contributed by atoms with Crippen LogP contribution in [0.25, 0.3) is 11.1 Å². The lowest BCUT2D eigenvalue weighted by atomic mass is 9.95. The highest BCUT2D eigenvalue weighted by Crippen LogP contribution is 2.31. The second kappa shape index (κ2) is 18.0. The van der Waals surface area contributed by atoms with Gasteiger partial charge in [-0.1, -0.05) is 77.4 Å². The highest BCUT2D eigenvalue weighted by atomic mass is 19.1. The van der Waals surface area contributed by atoms with Crippen molar-refractivity contribution in [2.45, 2.75) is 73.9 Å². The molecule has 5 heteroatoms. The van der Waals surface area contributed by atoms with Crippen molar-refractivity contribution in [1.82, 2.24) is 4.90 Å². The van der Waals surface area contributed by atoms with E-state index in [4.69, 9.17) is 11.4 Å². The molecule has 1 fully saturated rings. The molecule has 0 unspecified atom stereocenters. The van der Waals surface area contributed by atoms with Crippen molar-refractivity contribution in [2.24, 2.45) is 4.99 Å². The van der Waals surface area contributed by atoms with Gasteiger partial charge in [0.25, 0.3) is 0 Å². The van der Waals surface area contributed by atoms with Crippen LogP contribution < -0.4 is 10.2 Å². The fourth-order valence-electron chi connectivity index (χ4n) is 5.15. The van der Waals surface area contributed by atoms with E-state index in [2.05, 4.69) is 64.9 Å². The number of terminal acetylenes is 1. The first-order chi connectivity index (χ1) is 21.2. The highest BCUT2D eigenvalue weighted by Gasteiger charge is 2.23. The zero-order valence-electron chi connectivity index (χ0n) is 28.3. The normalized spacial score (nSPS) is 13.7. The predicted octanol–water partition coefficient (Wildman–Crippen LogP) is 9.85. The van der Waals surface area contributed by atoms with Crippen LogP contribution in [-0.4, -0.2) is 43.3 Å². The molecular formula is C39H53FN4. The lowest BCUT2D eigenvalue weighted by Gasteiger charge is -2.30. The van der Waals surface area contributed by atoms with Crippen LogP contribution in [0.2, 0.25) is 0 Å². The number of aryl methyl sites for hydroxylation is 1. The fourth-order valence-corrected chi connectivity index (χ4v) is 5.15. The summed E-state index contributed by atoms with van der Waals surface area (Å²) in [7, 11) is 0. The summed E-state index contributed by atoms with van der Waals surface area (Å²) in [6.45, 7) is 24.2. The summed E-state index contributed by atoms with van der Waals surface area (Å²) in [6, 6.07) is 22.3. The van der Waals surface area contributed by atoms with Crippen molar-refractivity contribution in [3.63, 3.8) is 0 Å². The van der Waals surface area contributed by atoms with Gasteiger partial charge in [0.1, 0.15) is 11.5 Å². The Morgan fingerprint density at radius 3 is 2.39 bits per heavy atom. The minimum absolute atomic E-state index is 0.673. The molecule has 3 aromatic carbocycles. The predicted molar refractivity (Wildman–Crippen MR) is 192 cm³/mol. The summed E-state index contributed by atoms with van der Waals surface area (Å²) < 4.78 is 14.9. The first kappa shape index (κ1) is 36.3. The number of anilines is 2. The van der Waals surface area contributed by atoms with Crippen LogP contribution in [0.4, 0.5) is 15.8 Å². The molecule has 0 atom stereocenters. The Bertz CT molecular complexity index is 1390. The molecule has 0 amide bonds. The summed E-state index contributed by atoms with van der Waals surface area (Å²) >= 11 is 0. The van der Waals surface area contributed by atoms with Crippen LogP contribution in [0, 0.1) is 19.3 Å². The number of rotatable bonds is 11. The summed E-state index contributed by atoms with van der Waals surface area (Å²) in [4.78, 5) is 9.39. The first-order valence-corrected chi connectivity index (χ1v) is 16.1. The van der Waals surface area contributed by atoms with Crippen LogP contribution in [0.15, 0.2) is 84.1 Å². The summed E-state index contributed by atoms with van der Waals surface area (Å²) in [5.41, 5.74) is 6.37. The fraction of sp³-hybridized carbons (Fsp3) is 0.410. The van der Waals surface area contributed by atoms with E-state index in [0.717, 1.165) is 85.0 Å². The lowest BCUT2D eigenvalue weighted by Crippen LogP contribution is -2.35. The number of halogens is 1. The molecule has 1 saturated heterocycles. The van der Waals surface area contributed by atoms with Gasteiger partial charge in [0, 0.05) is 55.4 Å². The third kappa shape index (κ3) is 10.4. The van der Waals surface area contributed by atoms with Crippen molar-refractivity contribution < 1.29 is 4.39 Å². The molecule has 0 spiro atoms. The first-order valence-electron chi connectivity index (χ1n) is 16.1. The van der Waals surface area contributed by atoms with Crippen LogP contribution in [-0.2, 0) is 5.67 Å². The molecule has 4 rings (SSSR count). The zero-order valence-corrected chi connectivity index (χ0v) is 28.3. The monoisotopic (exact) mass is 596 g/mol. The molecule has 44 heavy (non-hydrogen) atoms. The van der Waals surface area contributed by atoms with Crippen molar-refractivity contribution in [3.8, 4) is 23.5 Å². The van der Waals surface area contributed by atoms with Gasteiger partial charge in [0.05, 0.1) is 0 Å². The highest BCUT2D eigenvalue weighted by molar-refractivity contribution is 5.88.